The lowest BCUT2D eigenvalue weighted by Gasteiger charge is -2.48. The second-order valence-electron chi connectivity index (χ2n) is 6.37. The number of aliphatic hydroxyl groups excluding tert-OH is 6. The highest BCUT2D eigenvalue weighted by atomic mass is 16.7. The second-order valence-corrected chi connectivity index (χ2v) is 6.37. The Morgan fingerprint density at radius 2 is 1.67 bits per heavy atom. The molecule has 2 heterocycles. The third kappa shape index (κ3) is 3.73. The van der Waals surface area contributed by atoms with Crippen LogP contribution in [0.15, 0.2) is 0 Å². The zero-order valence-electron chi connectivity index (χ0n) is 13.3. The zero-order valence-corrected chi connectivity index (χ0v) is 13.3. The highest BCUT2D eigenvalue weighted by Crippen LogP contribution is 2.34. The Kier molecular flexibility index (Phi) is 6.53. The number of rotatable bonds is 5. The predicted octanol–water partition coefficient (Wildman–Crippen LogP) is -3.94. The first-order valence-electron chi connectivity index (χ1n) is 7.83. The van der Waals surface area contributed by atoms with Crippen molar-refractivity contribution in [3.8, 4) is 0 Å². The van der Waals surface area contributed by atoms with Crippen LogP contribution in [0.1, 0.15) is 13.3 Å². The molecule has 0 aromatic carbocycles. The Morgan fingerprint density at radius 1 is 1.00 bits per heavy atom. The maximum atomic E-state index is 10.6. The van der Waals surface area contributed by atoms with Gasteiger partial charge in [-0.3, -0.25) is 0 Å². The summed E-state index contributed by atoms with van der Waals surface area (Å²) in [5, 5.41) is 68.1. The quantitative estimate of drug-likeness (QED) is 0.259. The molecule has 0 amide bonds. The topological polar surface area (TPSA) is 169 Å². The molecule has 0 radical (unpaired) electrons. The molecule has 24 heavy (non-hydrogen) atoms. The van der Waals surface area contributed by atoms with E-state index < -0.39 is 67.8 Å². The van der Waals surface area contributed by atoms with E-state index in [1.165, 1.54) is 0 Å². The van der Waals surface area contributed by atoms with Crippen molar-refractivity contribution in [1.82, 2.24) is 0 Å². The smallest absolute Gasteiger partial charge is 0.187 e. The minimum Gasteiger partial charge on any atom is -0.394 e. The molecular formula is C14H26O10. The van der Waals surface area contributed by atoms with Crippen LogP contribution in [0.3, 0.4) is 0 Å². The summed E-state index contributed by atoms with van der Waals surface area (Å²) in [5.41, 5.74) is -1.76. The minimum absolute atomic E-state index is 0.105. The fourth-order valence-electron chi connectivity index (χ4n) is 3.19. The molecule has 10 heteroatoms. The van der Waals surface area contributed by atoms with Crippen LogP contribution in [-0.2, 0) is 14.2 Å². The summed E-state index contributed by atoms with van der Waals surface area (Å²) in [7, 11) is 0. The van der Waals surface area contributed by atoms with Crippen molar-refractivity contribution in [2.45, 2.75) is 68.0 Å². The SMILES string of the molecule is C[C@@H]1OC(CO)CC(O)(CO)C1O[C@@H]1OC(CO)[C@H](O)C(O)C1O. The first-order chi connectivity index (χ1) is 11.3. The van der Waals surface area contributed by atoms with E-state index in [1.807, 2.05) is 0 Å². The molecule has 9 atom stereocenters. The van der Waals surface area contributed by atoms with E-state index >= 15 is 0 Å². The first kappa shape index (κ1) is 19.9. The molecule has 10 nitrogen and oxygen atoms in total. The molecule has 0 aromatic rings. The third-order valence-corrected chi connectivity index (χ3v) is 4.55. The summed E-state index contributed by atoms with van der Waals surface area (Å²) < 4.78 is 16.3. The van der Waals surface area contributed by atoms with Gasteiger partial charge in [-0.2, -0.15) is 0 Å². The summed E-state index contributed by atoms with van der Waals surface area (Å²) in [5.74, 6) is 0. The number of hydrogen-bond acceptors (Lipinski definition) is 10. The van der Waals surface area contributed by atoms with Crippen LogP contribution in [0.4, 0.5) is 0 Å². The molecule has 0 aliphatic carbocycles. The Bertz CT molecular complexity index is 407. The van der Waals surface area contributed by atoms with E-state index in [0.717, 1.165) is 0 Å². The summed E-state index contributed by atoms with van der Waals surface area (Å²) in [4.78, 5) is 0. The normalized spacial score (nSPS) is 50.0. The van der Waals surface area contributed by atoms with Crippen molar-refractivity contribution in [2.24, 2.45) is 0 Å². The Balaban J connectivity index is 2.15. The lowest BCUT2D eigenvalue weighted by molar-refractivity contribution is -0.346. The molecule has 0 bridgehead atoms. The van der Waals surface area contributed by atoms with E-state index in [2.05, 4.69) is 0 Å². The molecule has 2 rings (SSSR count). The lowest BCUT2D eigenvalue weighted by atomic mass is 9.85. The molecule has 7 N–H and O–H groups in total. The van der Waals surface area contributed by atoms with Crippen LogP contribution in [0.5, 0.6) is 0 Å². The fourth-order valence-corrected chi connectivity index (χ4v) is 3.19. The van der Waals surface area contributed by atoms with Gasteiger partial charge in [0, 0.05) is 6.42 Å². The van der Waals surface area contributed by atoms with Crippen molar-refractivity contribution < 1.29 is 50.0 Å². The monoisotopic (exact) mass is 354 g/mol. The standard InChI is InChI=1S/C14H26O10/c1-6-12(14(21,5-17)2-7(3-15)22-6)24-13-11(20)10(19)9(18)8(4-16)23-13/h6-13,15-21H,2-5H2,1H3/t6-,7?,8?,9-,10?,11?,12?,13-,14?/m0/s1. The largest absolute Gasteiger partial charge is 0.394 e. The molecule has 142 valence electrons. The van der Waals surface area contributed by atoms with Crippen LogP contribution >= 0.6 is 0 Å². The Labute approximate surface area is 138 Å². The number of aliphatic hydroxyl groups is 7. The fraction of sp³-hybridized carbons (Fsp3) is 1.00. The molecule has 2 fully saturated rings. The van der Waals surface area contributed by atoms with Crippen molar-refractivity contribution in [3.63, 3.8) is 0 Å². The van der Waals surface area contributed by atoms with Gasteiger partial charge in [-0.25, -0.2) is 0 Å². The maximum absolute atomic E-state index is 10.6. The van der Waals surface area contributed by atoms with Crippen LogP contribution in [0.2, 0.25) is 0 Å². The maximum Gasteiger partial charge on any atom is 0.187 e. The van der Waals surface area contributed by atoms with Gasteiger partial charge in [-0.15, -0.1) is 0 Å². The van der Waals surface area contributed by atoms with Crippen LogP contribution < -0.4 is 0 Å². The van der Waals surface area contributed by atoms with E-state index in [1.54, 1.807) is 6.92 Å². The molecular weight excluding hydrogens is 328 g/mol. The van der Waals surface area contributed by atoms with Gasteiger partial charge in [0.1, 0.15) is 36.1 Å². The summed E-state index contributed by atoms with van der Waals surface area (Å²) in [6, 6.07) is 0. The summed E-state index contributed by atoms with van der Waals surface area (Å²) in [6.45, 7) is -0.0891. The van der Waals surface area contributed by atoms with Gasteiger partial charge in [-0.05, 0) is 6.92 Å². The number of ether oxygens (including phenoxy) is 3. The van der Waals surface area contributed by atoms with Gasteiger partial charge in [0.25, 0.3) is 0 Å². The zero-order chi connectivity index (χ0) is 18.1. The van der Waals surface area contributed by atoms with Gasteiger partial charge in [0.2, 0.25) is 0 Å². The average molecular weight is 354 g/mol. The minimum atomic E-state index is -1.76. The van der Waals surface area contributed by atoms with Gasteiger partial charge in [0.15, 0.2) is 6.29 Å². The third-order valence-electron chi connectivity index (χ3n) is 4.55. The van der Waals surface area contributed by atoms with E-state index in [4.69, 9.17) is 14.2 Å². The lowest BCUT2D eigenvalue weighted by Crippen LogP contribution is -2.65. The summed E-state index contributed by atoms with van der Waals surface area (Å²) >= 11 is 0. The van der Waals surface area contributed by atoms with Crippen LogP contribution in [0.25, 0.3) is 0 Å². The molecule has 2 aliphatic rings. The molecule has 2 saturated heterocycles. The highest BCUT2D eigenvalue weighted by molar-refractivity contribution is 4.98. The highest BCUT2D eigenvalue weighted by Gasteiger charge is 2.52. The molecule has 6 unspecified atom stereocenters. The first-order valence-corrected chi connectivity index (χ1v) is 7.83. The van der Waals surface area contributed by atoms with Crippen LogP contribution in [0, 0.1) is 0 Å². The molecule has 0 aromatic heterocycles. The van der Waals surface area contributed by atoms with Gasteiger partial charge in [-0.1, -0.05) is 0 Å². The second kappa shape index (κ2) is 7.87. The Morgan fingerprint density at radius 3 is 2.21 bits per heavy atom. The van der Waals surface area contributed by atoms with Crippen LogP contribution in [-0.4, -0.2) is 110 Å². The Hall–Kier alpha value is -0.400. The van der Waals surface area contributed by atoms with E-state index in [-0.39, 0.29) is 13.0 Å². The predicted molar refractivity (Wildman–Crippen MR) is 76.7 cm³/mol. The van der Waals surface area contributed by atoms with Crippen molar-refractivity contribution in [2.75, 3.05) is 19.8 Å². The van der Waals surface area contributed by atoms with Crippen molar-refractivity contribution >= 4 is 0 Å². The average Bonchev–Trinajstić information content (AvgIpc) is 2.57. The van der Waals surface area contributed by atoms with Crippen molar-refractivity contribution in [1.29, 1.82) is 0 Å². The van der Waals surface area contributed by atoms with Gasteiger partial charge < -0.3 is 50.0 Å². The molecule has 2 aliphatic heterocycles. The van der Waals surface area contributed by atoms with E-state index in [9.17, 15) is 35.7 Å². The summed E-state index contributed by atoms with van der Waals surface area (Å²) in [6.07, 6.45) is -10.1. The number of hydrogen-bond donors (Lipinski definition) is 7. The van der Waals surface area contributed by atoms with Crippen molar-refractivity contribution in [3.05, 3.63) is 0 Å². The molecule has 0 spiro atoms. The van der Waals surface area contributed by atoms with E-state index in [0.29, 0.717) is 0 Å². The van der Waals surface area contributed by atoms with Gasteiger partial charge >= 0.3 is 0 Å². The molecule has 0 saturated carbocycles. The van der Waals surface area contributed by atoms with Gasteiger partial charge in [0.05, 0.1) is 32.0 Å².